The van der Waals surface area contributed by atoms with Gasteiger partial charge in [0.2, 0.25) is 0 Å². The number of rotatable bonds is 1. The van der Waals surface area contributed by atoms with Gasteiger partial charge < -0.3 is 4.98 Å². The van der Waals surface area contributed by atoms with Crippen LogP contribution < -0.4 is 10.6 Å². The molecule has 0 aromatic carbocycles. The van der Waals surface area contributed by atoms with Crippen LogP contribution in [-0.4, -0.2) is 4.98 Å². The van der Waals surface area contributed by atoms with Gasteiger partial charge in [-0.15, -0.1) is 0 Å². The van der Waals surface area contributed by atoms with Crippen LogP contribution >= 0.6 is 0 Å². The smallest absolute Gasteiger partial charge is 0.0412 e. The van der Waals surface area contributed by atoms with Crippen LogP contribution in [0.5, 0.6) is 0 Å². The maximum absolute atomic E-state index is 3.24. The van der Waals surface area contributed by atoms with Crippen molar-refractivity contribution < 1.29 is 0 Å². The van der Waals surface area contributed by atoms with Crippen LogP contribution in [-0.2, 0) is 0 Å². The van der Waals surface area contributed by atoms with Crippen LogP contribution in [0.1, 0.15) is 25.8 Å². The van der Waals surface area contributed by atoms with Gasteiger partial charge in [-0.1, -0.05) is 19.1 Å². The summed E-state index contributed by atoms with van der Waals surface area (Å²) in [5.41, 5.74) is 1.33. The normalized spacial score (nSPS) is 14.5. The molecule has 11 heavy (non-hydrogen) atoms. The Morgan fingerprint density at radius 3 is 2.82 bits per heavy atom. The van der Waals surface area contributed by atoms with Gasteiger partial charge >= 0.3 is 0 Å². The molecule has 1 heteroatoms. The summed E-state index contributed by atoms with van der Waals surface area (Å²) in [6.07, 6.45) is 7.49. The van der Waals surface area contributed by atoms with Crippen LogP contribution in [0.15, 0.2) is 6.20 Å². The predicted octanol–water partition coefficient (Wildman–Crippen LogP) is 1.31. The molecule has 0 radical (unpaired) electrons. The van der Waals surface area contributed by atoms with Crippen molar-refractivity contribution in [3.8, 4) is 0 Å². The third-order valence-electron chi connectivity index (χ3n) is 1.86. The summed E-state index contributed by atoms with van der Waals surface area (Å²) in [6, 6.07) is 0. The zero-order valence-corrected chi connectivity index (χ0v) is 7.44. The van der Waals surface area contributed by atoms with Crippen LogP contribution in [0, 0.1) is 6.92 Å². The van der Waals surface area contributed by atoms with Gasteiger partial charge in [-0.25, -0.2) is 0 Å². The molecule has 0 spiro atoms. The third kappa shape index (κ3) is 1.53. The quantitative estimate of drug-likeness (QED) is 0.619. The fourth-order valence-electron chi connectivity index (χ4n) is 1.31. The fraction of sp³-hybridized carbons (Fsp3) is 0.400. The molecule has 0 saturated carbocycles. The molecule has 0 aliphatic rings. The van der Waals surface area contributed by atoms with E-state index in [9.17, 15) is 0 Å². The highest BCUT2D eigenvalue weighted by Crippen LogP contribution is 1.80. The lowest BCUT2D eigenvalue weighted by atomic mass is 10.2. The van der Waals surface area contributed by atoms with Gasteiger partial charge in [0.05, 0.1) is 0 Å². The van der Waals surface area contributed by atoms with Crippen molar-refractivity contribution in [2.24, 2.45) is 0 Å². The van der Waals surface area contributed by atoms with E-state index in [1.807, 2.05) is 0 Å². The Morgan fingerprint density at radius 2 is 2.27 bits per heavy atom. The second-order valence-corrected chi connectivity index (χ2v) is 2.70. The molecule has 1 heterocycles. The van der Waals surface area contributed by atoms with Crippen molar-refractivity contribution in [2.75, 3.05) is 0 Å². The molecule has 1 rings (SSSR count). The molecule has 0 aliphatic heterocycles. The molecule has 1 N–H and O–H groups in total. The second kappa shape index (κ2) is 3.42. The molecule has 0 bridgehead atoms. The molecule has 60 valence electrons. The maximum Gasteiger partial charge on any atom is 0.0412 e. The summed E-state index contributed by atoms with van der Waals surface area (Å²) < 4.78 is 0. The highest BCUT2D eigenvalue weighted by Gasteiger charge is 1.89. The van der Waals surface area contributed by atoms with Gasteiger partial charge in [0.15, 0.2) is 0 Å². The number of aromatic nitrogens is 1. The molecule has 0 atom stereocenters. The second-order valence-electron chi connectivity index (χ2n) is 2.70. The lowest BCUT2D eigenvalue weighted by molar-refractivity contribution is 1.23. The Kier molecular flexibility index (Phi) is 2.53. The summed E-state index contributed by atoms with van der Waals surface area (Å²) in [6.45, 7) is 6.34. The van der Waals surface area contributed by atoms with Crippen molar-refractivity contribution in [1.82, 2.24) is 4.98 Å². The standard InChI is InChI=1S/C10H15N/c1-4-6-10-9(5-2)8(3)7-11-10/h5-7,11H,4H2,1-3H3/b9-5-,10-6+. The Hall–Kier alpha value is -0.980. The topological polar surface area (TPSA) is 15.8 Å². The molecule has 1 nitrogen and oxygen atoms in total. The summed E-state index contributed by atoms with van der Waals surface area (Å²) >= 11 is 0. The Labute approximate surface area is 67.5 Å². The number of hydrogen-bond donors (Lipinski definition) is 1. The molecule has 0 saturated heterocycles. The molecule has 1 aromatic rings. The lowest BCUT2D eigenvalue weighted by Crippen LogP contribution is -2.23. The van der Waals surface area contributed by atoms with Crippen molar-refractivity contribution >= 4 is 12.2 Å². The summed E-state index contributed by atoms with van der Waals surface area (Å²) in [5.74, 6) is 0. The fourth-order valence-corrected chi connectivity index (χ4v) is 1.31. The lowest BCUT2D eigenvalue weighted by Gasteiger charge is -1.80. The van der Waals surface area contributed by atoms with Gasteiger partial charge in [0.1, 0.15) is 0 Å². The average molecular weight is 149 g/mol. The highest BCUT2D eigenvalue weighted by atomic mass is 14.7. The zero-order chi connectivity index (χ0) is 8.27. The SMILES string of the molecule is C/C=c1/c(C)c[nH]/c1=C/CC. The minimum atomic E-state index is 1.08. The van der Waals surface area contributed by atoms with E-state index in [-0.39, 0.29) is 0 Å². The van der Waals surface area contributed by atoms with E-state index >= 15 is 0 Å². The van der Waals surface area contributed by atoms with E-state index < -0.39 is 0 Å². The van der Waals surface area contributed by atoms with E-state index in [0.717, 1.165) is 6.42 Å². The first-order valence-electron chi connectivity index (χ1n) is 4.10. The number of H-pyrrole nitrogens is 1. The molecular weight excluding hydrogens is 134 g/mol. The average Bonchev–Trinajstić information content (AvgIpc) is 2.33. The number of aromatic amines is 1. The van der Waals surface area contributed by atoms with E-state index in [1.54, 1.807) is 0 Å². The van der Waals surface area contributed by atoms with Crippen molar-refractivity contribution in [2.45, 2.75) is 27.2 Å². The Bertz CT molecular complexity index is 330. The summed E-state index contributed by atoms with van der Waals surface area (Å²) in [7, 11) is 0. The Balaban J connectivity index is 3.40. The first-order chi connectivity index (χ1) is 5.29. The minimum Gasteiger partial charge on any atom is -0.361 e. The van der Waals surface area contributed by atoms with E-state index in [4.69, 9.17) is 0 Å². The molecule has 0 unspecified atom stereocenters. The van der Waals surface area contributed by atoms with Crippen molar-refractivity contribution in [1.29, 1.82) is 0 Å². The zero-order valence-electron chi connectivity index (χ0n) is 7.44. The maximum atomic E-state index is 3.24. The number of hydrogen-bond acceptors (Lipinski definition) is 0. The highest BCUT2D eigenvalue weighted by molar-refractivity contribution is 5.31. The van der Waals surface area contributed by atoms with Gasteiger partial charge in [-0.2, -0.15) is 0 Å². The van der Waals surface area contributed by atoms with Gasteiger partial charge in [-0.3, -0.25) is 0 Å². The largest absolute Gasteiger partial charge is 0.361 e. The van der Waals surface area contributed by atoms with Crippen molar-refractivity contribution in [3.05, 3.63) is 22.3 Å². The predicted molar refractivity (Wildman–Crippen MR) is 49.7 cm³/mol. The van der Waals surface area contributed by atoms with Crippen molar-refractivity contribution in [3.63, 3.8) is 0 Å². The molecule has 0 amide bonds. The number of aryl methyl sites for hydroxylation is 1. The van der Waals surface area contributed by atoms with E-state index in [2.05, 4.69) is 44.1 Å². The molecule has 0 fully saturated rings. The first kappa shape index (κ1) is 8.12. The first-order valence-corrected chi connectivity index (χ1v) is 4.10. The van der Waals surface area contributed by atoms with Gasteiger partial charge in [-0.05, 0) is 31.1 Å². The van der Waals surface area contributed by atoms with Crippen LogP contribution in [0.4, 0.5) is 0 Å². The van der Waals surface area contributed by atoms with E-state index in [1.165, 1.54) is 16.1 Å². The summed E-state index contributed by atoms with van der Waals surface area (Å²) in [4.78, 5) is 3.24. The summed E-state index contributed by atoms with van der Waals surface area (Å²) in [5, 5.41) is 2.60. The molecule has 0 aliphatic carbocycles. The van der Waals surface area contributed by atoms with Gasteiger partial charge in [0, 0.05) is 11.5 Å². The Morgan fingerprint density at radius 1 is 1.55 bits per heavy atom. The minimum absolute atomic E-state index is 1.08. The monoisotopic (exact) mass is 149 g/mol. The van der Waals surface area contributed by atoms with Crippen LogP contribution in [0.25, 0.3) is 12.2 Å². The number of nitrogens with one attached hydrogen (secondary N) is 1. The van der Waals surface area contributed by atoms with Gasteiger partial charge in [0.25, 0.3) is 0 Å². The molecule has 1 aromatic heterocycles. The van der Waals surface area contributed by atoms with Crippen LogP contribution in [0.3, 0.4) is 0 Å². The van der Waals surface area contributed by atoms with Crippen LogP contribution in [0.2, 0.25) is 0 Å². The molecular formula is C10H15N. The van der Waals surface area contributed by atoms with E-state index in [0.29, 0.717) is 0 Å². The third-order valence-corrected chi connectivity index (χ3v) is 1.86.